The Balaban J connectivity index is 1.65. The Bertz CT molecular complexity index is 1410. The lowest BCUT2D eigenvalue weighted by molar-refractivity contribution is 0.272. The zero-order valence-electron chi connectivity index (χ0n) is 18.0. The molecule has 0 saturated carbocycles. The third kappa shape index (κ3) is 3.92. The van der Waals surface area contributed by atoms with Crippen molar-refractivity contribution in [2.75, 3.05) is 6.61 Å². The van der Waals surface area contributed by atoms with E-state index in [2.05, 4.69) is 15.0 Å². The topological polar surface area (TPSA) is 107 Å². The second-order valence-electron chi connectivity index (χ2n) is 7.83. The van der Waals surface area contributed by atoms with E-state index in [1.165, 1.54) is 6.20 Å². The number of aromatic nitrogens is 3. The van der Waals surface area contributed by atoms with Gasteiger partial charge in [0.15, 0.2) is 5.75 Å². The monoisotopic (exact) mass is 459 g/mol. The van der Waals surface area contributed by atoms with Gasteiger partial charge in [0.1, 0.15) is 12.4 Å². The van der Waals surface area contributed by atoms with Crippen molar-refractivity contribution in [1.82, 2.24) is 15.0 Å². The van der Waals surface area contributed by atoms with Gasteiger partial charge in [0.05, 0.1) is 11.6 Å². The van der Waals surface area contributed by atoms with Crippen molar-refractivity contribution in [3.05, 3.63) is 89.6 Å². The smallest absolute Gasteiger partial charge is 0.279 e. The lowest BCUT2D eigenvalue weighted by Gasteiger charge is -2.29. The van der Waals surface area contributed by atoms with Crippen LogP contribution in [0.2, 0.25) is 0 Å². The van der Waals surface area contributed by atoms with Gasteiger partial charge in [-0.2, -0.15) is 8.78 Å². The van der Waals surface area contributed by atoms with E-state index in [0.29, 0.717) is 39.3 Å². The molecule has 0 bridgehead atoms. The van der Waals surface area contributed by atoms with Crippen LogP contribution < -0.4 is 10.5 Å². The molecule has 0 fully saturated rings. The minimum Gasteiger partial charge on any atom is -0.465 e. The van der Waals surface area contributed by atoms with E-state index in [0.717, 1.165) is 5.69 Å². The van der Waals surface area contributed by atoms with E-state index in [1.807, 2.05) is 13.0 Å². The summed E-state index contributed by atoms with van der Waals surface area (Å²) in [4.78, 5) is 12.0. The van der Waals surface area contributed by atoms with Crippen LogP contribution in [-0.2, 0) is 4.74 Å². The summed E-state index contributed by atoms with van der Waals surface area (Å²) in [5.74, 6) is -1.61. The van der Waals surface area contributed by atoms with Gasteiger partial charge in [-0.15, -0.1) is 0 Å². The predicted molar refractivity (Wildman–Crippen MR) is 122 cm³/mol. The number of nitrogens with one attached hydrogen (secondary N) is 1. The number of pyridine rings is 3. The number of benzene rings is 1. The number of ether oxygens (including phenoxy) is 2. The van der Waals surface area contributed by atoms with E-state index in [1.54, 1.807) is 48.7 Å². The standard InChI is InChI=1S/C25H19F2N5O2/c1-13-4-5-15(11-31-13)20-10-18-19(12-33-25(28)29)17-9-14(16-3-2-8-30-23(16)26)6-7-21(17)34-22(18)24(27)32-20/h2-11,19H,12H2,1H3,(H3,28,29)/t19-/m1/s1. The number of hydrogen-bond acceptors (Lipinski definition) is 6. The van der Waals surface area contributed by atoms with E-state index < -0.39 is 23.8 Å². The zero-order chi connectivity index (χ0) is 23.8. The quantitative estimate of drug-likeness (QED) is 0.254. The first-order chi connectivity index (χ1) is 16.4. The average Bonchev–Trinajstić information content (AvgIpc) is 2.82. The van der Waals surface area contributed by atoms with E-state index >= 15 is 4.39 Å². The van der Waals surface area contributed by atoms with Crippen LogP contribution in [0.3, 0.4) is 0 Å². The summed E-state index contributed by atoms with van der Waals surface area (Å²) in [6.45, 7) is 1.81. The lowest BCUT2D eigenvalue weighted by Crippen LogP contribution is -2.22. The SMILES string of the molecule is Cc1ccc(-c2cc3c(c(F)n2)Oc2ccc(-c4cccnc4F)cc2[C@H]3COC(=N)N)cn1. The highest BCUT2D eigenvalue weighted by molar-refractivity contribution is 5.70. The Morgan fingerprint density at radius 1 is 1.06 bits per heavy atom. The van der Waals surface area contributed by atoms with Gasteiger partial charge in [-0.05, 0) is 55.0 Å². The molecule has 0 spiro atoms. The molecule has 5 rings (SSSR count). The summed E-state index contributed by atoms with van der Waals surface area (Å²) >= 11 is 0. The molecule has 0 unspecified atom stereocenters. The fraction of sp³-hybridized carbons (Fsp3) is 0.120. The number of hydrogen-bond donors (Lipinski definition) is 2. The minimum absolute atomic E-state index is 0.0335. The molecule has 0 saturated heterocycles. The van der Waals surface area contributed by atoms with Crippen LogP contribution in [0.25, 0.3) is 22.4 Å². The maximum absolute atomic E-state index is 15.1. The van der Waals surface area contributed by atoms with Gasteiger partial charge in [-0.25, -0.2) is 9.97 Å². The summed E-state index contributed by atoms with van der Waals surface area (Å²) in [5, 5.41) is 7.50. The third-order valence-corrected chi connectivity index (χ3v) is 5.62. The number of amidine groups is 1. The molecule has 1 aliphatic heterocycles. The normalized spacial score (nSPS) is 14.0. The van der Waals surface area contributed by atoms with Crippen molar-refractivity contribution in [2.45, 2.75) is 12.8 Å². The fourth-order valence-corrected chi connectivity index (χ4v) is 3.96. The Morgan fingerprint density at radius 2 is 1.88 bits per heavy atom. The van der Waals surface area contributed by atoms with Gasteiger partial charge < -0.3 is 15.2 Å². The third-order valence-electron chi connectivity index (χ3n) is 5.62. The Kier molecular flexibility index (Phi) is 5.37. The van der Waals surface area contributed by atoms with Crippen LogP contribution in [0.4, 0.5) is 8.78 Å². The number of halogens is 2. The highest BCUT2D eigenvalue weighted by Crippen LogP contribution is 2.47. The molecule has 0 amide bonds. The molecular formula is C25H19F2N5O2. The number of nitrogens with two attached hydrogens (primary N) is 1. The predicted octanol–water partition coefficient (Wildman–Crippen LogP) is 4.94. The number of nitrogens with zero attached hydrogens (tertiary/aromatic N) is 3. The molecule has 4 aromatic rings. The number of fused-ring (bicyclic) bond motifs is 2. The van der Waals surface area contributed by atoms with Crippen molar-refractivity contribution in [3.8, 4) is 33.9 Å². The van der Waals surface area contributed by atoms with Gasteiger partial charge in [0.25, 0.3) is 12.0 Å². The summed E-state index contributed by atoms with van der Waals surface area (Å²) in [6.07, 6.45) is 2.99. The largest absolute Gasteiger partial charge is 0.465 e. The molecular weight excluding hydrogens is 440 g/mol. The number of aryl methyl sites for hydroxylation is 1. The first-order valence-corrected chi connectivity index (χ1v) is 10.4. The fourth-order valence-electron chi connectivity index (χ4n) is 3.96. The van der Waals surface area contributed by atoms with Crippen molar-refractivity contribution < 1.29 is 18.3 Å². The zero-order valence-corrected chi connectivity index (χ0v) is 18.0. The second-order valence-corrected chi connectivity index (χ2v) is 7.83. The average molecular weight is 459 g/mol. The highest BCUT2D eigenvalue weighted by Gasteiger charge is 2.32. The van der Waals surface area contributed by atoms with Crippen LogP contribution in [0.15, 0.2) is 60.9 Å². The molecule has 1 atom stereocenters. The Labute approximate surface area is 193 Å². The molecule has 7 nitrogen and oxygen atoms in total. The maximum atomic E-state index is 15.1. The molecule has 3 N–H and O–H groups in total. The van der Waals surface area contributed by atoms with Crippen LogP contribution >= 0.6 is 0 Å². The molecule has 0 aliphatic carbocycles. The first kappa shape index (κ1) is 21.4. The van der Waals surface area contributed by atoms with Gasteiger partial charge in [-0.3, -0.25) is 10.4 Å². The van der Waals surface area contributed by atoms with Gasteiger partial charge in [0, 0.05) is 40.3 Å². The van der Waals surface area contributed by atoms with Gasteiger partial charge in [0.2, 0.25) is 5.95 Å². The highest BCUT2D eigenvalue weighted by atomic mass is 19.1. The van der Waals surface area contributed by atoms with Crippen LogP contribution in [0.5, 0.6) is 11.5 Å². The molecule has 9 heteroatoms. The van der Waals surface area contributed by atoms with Crippen LogP contribution in [0, 0.1) is 24.2 Å². The lowest BCUT2D eigenvalue weighted by atomic mass is 9.86. The Morgan fingerprint density at radius 3 is 2.62 bits per heavy atom. The Hall–Kier alpha value is -4.40. The first-order valence-electron chi connectivity index (χ1n) is 10.4. The van der Waals surface area contributed by atoms with E-state index in [-0.39, 0.29) is 12.4 Å². The summed E-state index contributed by atoms with van der Waals surface area (Å²) in [5.41, 5.74) is 9.25. The number of rotatable bonds is 4. The van der Waals surface area contributed by atoms with E-state index in [4.69, 9.17) is 20.6 Å². The second kappa shape index (κ2) is 8.51. The van der Waals surface area contributed by atoms with Crippen LogP contribution in [-0.4, -0.2) is 27.6 Å². The van der Waals surface area contributed by atoms with Crippen molar-refractivity contribution in [3.63, 3.8) is 0 Å². The van der Waals surface area contributed by atoms with Crippen molar-refractivity contribution >= 4 is 6.02 Å². The summed E-state index contributed by atoms with van der Waals surface area (Å²) in [7, 11) is 0. The van der Waals surface area contributed by atoms with Gasteiger partial charge in [-0.1, -0.05) is 6.07 Å². The maximum Gasteiger partial charge on any atom is 0.279 e. The van der Waals surface area contributed by atoms with Crippen molar-refractivity contribution in [2.24, 2.45) is 5.73 Å². The van der Waals surface area contributed by atoms with Gasteiger partial charge >= 0.3 is 0 Å². The summed E-state index contributed by atoms with van der Waals surface area (Å²) in [6, 6.07) is 13.2. The molecule has 170 valence electrons. The van der Waals surface area contributed by atoms with Crippen molar-refractivity contribution in [1.29, 1.82) is 5.41 Å². The molecule has 4 heterocycles. The van der Waals surface area contributed by atoms with Crippen LogP contribution in [0.1, 0.15) is 22.7 Å². The van der Waals surface area contributed by atoms with E-state index in [9.17, 15) is 4.39 Å². The minimum atomic E-state index is -0.783. The molecule has 34 heavy (non-hydrogen) atoms. The summed E-state index contributed by atoms with van der Waals surface area (Å²) < 4.78 is 40.7. The molecule has 3 aromatic heterocycles. The molecule has 1 aromatic carbocycles. The molecule has 0 radical (unpaired) electrons. The molecule has 1 aliphatic rings.